The Labute approximate surface area is 108 Å². The molecule has 18 heavy (non-hydrogen) atoms. The Morgan fingerprint density at radius 3 is 2.89 bits per heavy atom. The third-order valence-electron chi connectivity index (χ3n) is 2.68. The minimum absolute atomic E-state index is 0.393. The van der Waals surface area contributed by atoms with E-state index in [1.165, 1.54) is 5.56 Å². The fourth-order valence-electron chi connectivity index (χ4n) is 1.89. The van der Waals surface area contributed by atoms with Crippen LogP contribution >= 0.6 is 0 Å². The Hall–Kier alpha value is -1.84. The molecule has 0 amide bonds. The van der Waals surface area contributed by atoms with E-state index in [1.807, 2.05) is 19.2 Å². The third kappa shape index (κ3) is 3.32. The van der Waals surface area contributed by atoms with Gasteiger partial charge in [0.1, 0.15) is 0 Å². The number of anilines is 1. The lowest BCUT2D eigenvalue weighted by atomic mass is 10.2. The van der Waals surface area contributed by atoms with E-state index in [1.54, 1.807) is 6.20 Å². The van der Waals surface area contributed by atoms with Gasteiger partial charge in [0.05, 0.1) is 5.69 Å². The fraction of sp³-hybridized carbons (Fsp3) is 0.429. The lowest BCUT2D eigenvalue weighted by Gasteiger charge is -2.12. The standard InChI is InChI=1S/C14H20N4/c1-11(2)16-14-17-12(3)10-18(14)8-6-13-5-4-7-15-9-13/h4-5,7,9-11H,6,8H2,1-3H3,(H,16,17). The van der Waals surface area contributed by atoms with Gasteiger partial charge in [-0.15, -0.1) is 0 Å². The molecule has 0 atom stereocenters. The number of aromatic nitrogens is 3. The summed E-state index contributed by atoms with van der Waals surface area (Å²) < 4.78 is 2.17. The summed E-state index contributed by atoms with van der Waals surface area (Å²) in [5.41, 5.74) is 2.30. The van der Waals surface area contributed by atoms with Gasteiger partial charge in [0.2, 0.25) is 5.95 Å². The van der Waals surface area contributed by atoms with E-state index >= 15 is 0 Å². The average Bonchev–Trinajstić information content (AvgIpc) is 2.67. The molecule has 0 radical (unpaired) electrons. The molecule has 2 aromatic rings. The van der Waals surface area contributed by atoms with Gasteiger partial charge in [-0.1, -0.05) is 6.07 Å². The van der Waals surface area contributed by atoms with Crippen molar-refractivity contribution in [1.29, 1.82) is 0 Å². The monoisotopic (exact) mass is 244 g/mol. The molecule has 0 fully saturated rings. The number of imidazole rings is 1. The first kappa shape index (κ1) is 12.6. The first-order valence-corrected chi connectivity index (χ1v) is 6.34. The number of aryl methyl sites for hydroxylation is 3. The molecule has 0 bridgehead atoms. The van der Waals surface area contributed by atoms with E-state index in [0.717, 1.165) is 24.6 Å². The van der Waals surface area contributed by atoms with Gasteiger partial charge in [-0.2, -0.15) is 0 Å². The molecular formula is C14H20N4. The van der Waals surface area contributed by atoms with Crippen molar-refractivity contribution in [3.8, 4) is 0 Å². The number of hydrogen-bond donors (Lipinski definition) is 1. The maximum atomic E-state index is 4.50. The Kier molecular flexibility index (Phi) is 3.97. The second-order valence-electron chi connectivity index (χ2n) is 4.81. The predicted molar refractivity (Wildman–Crippen MR) is 73.7 cm³/mol. The second-order valence-corrected chi connectivity index (χ2v) is 4.81. The van der Waals surface area contributed by atoms with Crippen LogP contribution in [-0.2, 0) is 13.0 Å². The maximum Gasteiger partial charge on any atom is 0.203 e. The molecule has 1 N–H and O–H groups in total. The molecule has 2 aromatic heterocycles. The number of rotatable bonds is 5. The van der Waals surface area contributed by atoms with E-state index in [9.17, 15) is 0 Å². The van der Waals surface area contributed by atoms with Crippen molar-refractivity contribution in [2.45, 2.75) is 39.8 Å². The van der Waals surface area contributed by atoms with Gasteiger partial charge in [-0.05, 0) is 38.8 Å². The van der Waals surface area contributed by atoms with E-state index in [0.29, 0.717) is 6.04 Å². The van der Waals surface area contributed by atoms with Crippen LogP contribution in [0.25, 0.3) is 0 Å². The number of hydrogen-bond acceptors (Lipinski definition) is 3. The van der Waals surface area contributed by atoms with Crippen LogP contribution in [-0.4, -0.2) is 20.6 Å². The van der Waals surface area contributed by atoms with Gasteiger partial charge in [0.15, 0.2) is 0 Å². The van der Waals surface area contributed by atoms with E-state index in [2.05, 4.69) is 46.0 Å². The SMILES string of the molecule is Cc1cn(CCc2cccnc2)c(NC(C)C)n1. The maximum absolute atomic E-state index is 4.50. The van der Waals surface area contributed by atoms with Crippen LogP contribution in [0.5, 0.6) is 0 Å². The molecule has 0 saturated carbocycles. The second kappa shape index (κ2) is 5.67. The zero-order valence-corrected chi connectivity index (χ0v) is 11.2. The van der Waals surface area contributed by atoms with Gasteiger partial charge in [0.25, 0.3) is 0 Å². The van der Waals surface area contributed by atoms with Crippen LogP contribution in [0.4, 0.5) is 5.95 Å². The van der Waals surface area contributed by atoms with Gasteiger partial charge < -0.3 is 9.88 Å². The minimum Gasteiger partial charge on any atom is -0.353 e. The molecule has 2 heterocycles. The number of nitrogens with zero attached hydrogens (tertiary/aromatic N) is 3. The lowest BCUT2D eigenvalue weighted by Crippen LogP contribution is -2.15. The van der Waals surface area contributed by atoms with Crippen molar-refractivity contribution in [2.75, 3.05) is 5.32 Å². The van der Waals surface area contributed by atoms with Crippen LogP contribution in [0.15, 0.2) is 30.7 Å². The molecule has 2 rings (SSSR count). The zero-order valence-electron chi connectivity index (χ0n) is 11.2. The van der Waals surface area contributed by atoms with Crippen molar-refractivity contribution >= 4 is 5.95 Å². The summed E-state index contributed by atoms with van der Waals surface area (Å²) in [5, 5.41) is 3.37. The summed E-state index contributed by atoms with van der Waals surface area (Å²) in [5.74, 6) is 0.950. The summed E-state index contributed by atoms with van der Waals surface area (Å²) in [7, 11) is 0. The van der Waals surface area contributed by atoms with Crippen LogP contribution < -0.4 is 5.32 Å². The Morgan fingerprint density at radius 1 is 1.39 bits per heavy atom. The Morgan fingerprint density at radius 2 is 2.22 bits per heavy atom. The van der Waals surface area contributed by atoms with Gasteiger partial charge in [-0.25, -0.2) is 4.98 Å². The van der Waals surface area contributed by atoms with Gasteiger partial charge >= 0.3 is 0 Å². The summed E-state index contributed by atoms with van der Waals surface area (Å²) in [6.45, 7) is 7.18. The van der Waals surface area contributed by atoms with Crippen molar-refractivity contribution < 1.29 is 0 Å². The molecule has 0 saturated heterocycles. The number of pyridine rings is 1. The van der Waals surface area contributed by atoms with Crippen LogP contribution in [0.1, 0.15) is 25.1 Å². The quantitative estimate of drug-likeness (QED) is 0.879. The lowest BCUT2D eigenvalue weighted by molar-refractivity contribution is 0.690. The van der Waals surface area contributed by atoms with E-state index < -0.39 is 0 Å². The summed E-state index contributed by atoms with van der Waals surface area (Å²) in [4.78, 5) is 8.63. The molecule has 0 aromatic carbocycles. The normalized spacial score (nSPS) is 10.9. The third-order valence-corrected chi connectivity index (χ3v) is 2.68. The van der Waals surface area contributed by atoms with Gasteiger partial charge in [0, 0.05) is 31.2 Å². The highest BCUT2D eigenvalue weighted by atomic mass is 15.2. The van der Waals surface area contributed by atoms with Gasteiger partial charge in [-0.3, -0.25) is 4.98 Å². The first-order chi connectivity index (χ1) is 8.65. The smallest absolute Gasteiger partial charge is 0.203 e. The molecule has 0 spiro atoms. The molecule has 0 aliphatic carbocycles. The first-order valence-electron chi connectivity index (χ1n) is 6.34. The zero-order chi connectivity index (χ0) is 13.0. The minimum atomic E-state index is 0.393. The van der Waals surface area contributed by atoms with Crippen LogP contribution in [0.3, 0.4) is 0 Å². The highest BCUT2D eigenvalue weighted by Crippen LogP contribution is 2.11. The molecule has 0 unspecified atom stereocenters. The molecule has 0 aliphatic rings. The van der Waals surface area contributed by atoms with Crippen molar-refractivity contribution in [2.24, 2.45) is 0 Å². The predicted octanol–water partition coefficient (Wildman–Crippen LogP) is 2.65. The number of nitrogens with one attached hydrogen (secondary N) is 1. The molecular weight excluding hydrogens is 224 g/mol. The highest BCUT2D eigenvalue weighted by Gasteiger charge is 2.06. The molecule has 96 valence electrons. The van der Waals surface area contributed by atoms with Crippen molar-refractivity contribution in [3.05, 3.63) is 42.0 Å². The Bertz CT molecular complexity index is 488. The highest BCUT2D eigenvalue weighted by molar-refractivity contribution is 5.29. The average molecular weight is 244 g/mol. The largest absolute Gasteiger partial charge is 0.353 e. The van der Waals surface area contributed by atoms with E-state index in [-0.39, 0.29) is 0 Å². The van der Waals surface area contributed by atoms with Crippen LogP contribution in [0, 0.1) is 6.92 Å². The van der Waals surface area contributed by atoms with Crippen molar-refractivity contribution in [3.63, 3.8) is 0 Å². The van der Waals surface area contributed by atoms with Crippen LogP contribution in [0.2, 0.25) is 0 Å². The summed E-state index contributed by atoms with van der Waals surface area (Å²) in [6.07, 6.45) is 6.77. The molecule has 0 aliphatic heterocycles. The van der Waals surface area contributed by atoms with Crippen molar-refractivity contribution in [1.82, 2.24) is 14.5 Å². The topological polar surface area (TPSA) is 42.7 Å². The Balaban J connectivity index is 2.04. The molecule has 4 nitrogen and oxygen atoms in total. The molecule has 4 heteroatoms. The summed E-state index contributed by atoms with van der Waals surface area (Å²) in [6, 6.07) is 4.47. The summed E-state index contributed by atoms with van der Waals surface area (Å²) >= 11 is 0. The fourth-order valence-corrected chi connectivity index (χ4v) is 1.89. The van der Waals surface area contributed by atoms with E-state index in [4.69, 9.17) is 0 Å².